The van der Waals surface area contributed by atoms with Gasteiger partial charge in [-0.2, -0.15) is 4.80 Å². The Labute approximate surface area is 125 Å². The normalized spacial score (nSPS) is 19.6. The van der Waals surface area contributed by atoms with Crippen molar-refractivity contribution in [2.45, 2.75) is 36.3 Å². The van der Waals surface area contributed by atoms with Crippen LogP contribution in [-0.4, -0.2) is 41.3 Å². The van der Waals surface area contributed by atoms with Gasteiger partial charge in [-0.1, -0.05) is 17.7 Å². The molecule has 3 rings (SSSR count). The second kappa shape index (κ2) is 5.27. The van der Waals surface area contributed by atoms with E-state index in [1.54, 1.807) is 12.3 Å². The maximum absolute atomic E-state index is 10.5. The summed E-state index contributed by atoms with van der Waals surface area (Å²) < 4.78 is 0. The third-order valence-electron chi connectivity index (χ3n) is 3.50. The third kappa shape index (κ3) is 2.63. The van der Waals surface area contributed by atoms with Gasteiger partial charge in [0.05, 0.1) is 11.0 Å². The van der Waals surface area contributed by atoms with Crippen LogP contribution in [0.2, 0.25) is 5.15 Å². The number of hydrogen-bond donors (Lipinski definition) is 1. The minimum Gasteiger partial charge on any atom is -0.390 e. The highest BCUT2D eigenvalue weighted by Crippen LogP contribution is 2.52. The van der Waals surface area contributed by atoms with Crippen LogP contribution in [0.5, 0.6) is 0 Å². The van der Waals surface area contributed by atoms with Crippen molar-refractivity contribution in [2.24, 2.45) is 0 Å². The van der Waals surface area contributed by atoms with Gasteiger partial charge >= 0.3 is 0 Å². The monoisotopic (exact) mass is 313 g/mol. The molecule has 1 fully saturated rings. The summed E-state index contributed by atoms with van der Waals surface area (Å²) in [5.41, 5.74) is 0.771. The van der Waals surface area contributed by atoms with Crippen molar-refractivity contribution < 1.29 is 5.11 Å². The van der Waals surface area contributed by atoms with Crippen molar-refractivity contribution in [3.63, 3.8) is 0 Å². The molecule has 1 aliphatic carbocycles. The smallest absolute Gasteiger partial charge is 0.162 e. The number of aliphatic hydroxyl groups excluding tert-OH is 1. The molecule has 1 aliphatic rings. The average Bonchev–Trinajstić information content (AvgIpc) is 2.94. The summed E-state index contributed by atoms with van der Waals surface area (Å²) in [5, 5.41) is 22.5. The van der Waals surface area contributed by atoms with E-state index in [4.69, 9.17) is 23.2 Å². The molecule has 2 heterocycles. The molecule has 1 saturated carbocycles. The van der Waals surface area contributed by atoms with Crippen molar-refractivity contribution in [2.75, 3.05) is 0 Å². The summed E-state index contributed by atoms with van der Waals surface area (Å²) in [7, 11) is 0. The number of alkyl halides is 1. The number of pyridine rings is 1. The average molecular weight is 314 g/mol. The molecule has 0 aliphatic heterocycles. The Balaban J connectivity index is 1.83. The molecule has 2 unspecified atom stereocenters. The largest absolute Gasteiger partial charge is 0.390 e. The summed E-state index contributed by atoms with van der Waals surface area (Å²) >= 11 is 12.5. The Morgan fingerprint density at radius 3 is 2.85 bits per heavy atom. The highest BCUT2D eigenvalue weighted by atomic mass is 35.5. The third-order valence-corrected chi connectivity index (χ3v) is 4.44. The number of aromatic nitrogens is 5. The van der Waals surface area contributed by atoms with Gasteiger partial charge in [0.25, 0.3) is 0 Å². The van der Waals surface area contributed by atoms with Gasteiger partial charge in [0.2, 0.25) is 0 Å². The van der Waals surface area contributed by atoms with Crippen LogP contribution in [-0.2, 0) is 6.42 Å². The minimum atomic E-state index is -0.758. The molecule has 2 aromatic heterocycles. The second-order valence-corrected chi connectivity index (χ2v) is 6.07. The van der Waals surface area contributed by atoms with Crippen LogP contribution in [0.1, 0.15) is 24.4 Å². The molecule has 2 aromatic rings. The van der Waals surface area contributed by atoms with Gasteiger partial charge in [-0.05, 0) is 29.7 Å². The zero-order chi connectivity index (χ0) is 14.2. The highest BCUT2D eigenvalue weighted by molar-refractivity contribution is 6.30. The van der Waals surface area contributed by atoms with Gasteiger partial charge in [-0.25, -0.2) is 4.98 Å². The molecular weight excluding hydrogens is 301 g/mol. The van der Waals surface area contributed by atoms with Gasteiger partial charge in [-0.3, -0.25) is 0 Å². The van der Waals surface area contributed by atoms with Crippen molar-refractivity contribution in [1.29, 1.82) is 0 Å². The summed E-state index contributed by atoms with van der Waals surface area (Å²) in [4.78, 5) is 4.88. The molecule has 0 radical (unpaired) electrons. The maximum Gasteiger partial charge on any atom is 0.162 e. The summed E-state index contributed by atoms with van der Waals surface area (Å²) in [6.07, 6.45) is 4.16. The van der Waals surface area contributed by atoms with Crippen LogP contribution < -0.4 is 0 Å². The number of tetrazole rings is 1. The van der Waals surface area contributed by atoms with Crippen LogP contribution in [0, 0.1) is 0 Å². The Morgan fingerprint density at radius 1 is 1.45 bits per heavy atom. The van der Waals surface area contributed by atoms with Gasteiger partial charge < -0.3 is 5.11 Å². The van der Waals surface area contributed by atoms with E-state index in [-0.39, 0.29) is 0 Å². The maximum atomic E-state index is 10.5. The molecule has 2 atom stereocenters. The first kappa shape index (κ1) is 13.7. The van der Waals surface area contributed by atoms with Gasteiger partial charge in [0.15, 0.2) is 6.33 Å². The first-order valence-corrected chi connectivity index (χ1v) is 7.04. The quantitative estimate of drug-likeness (QED) is 0.670. The van der Waals surface area contributed by atoms with Crippen LogP contribution in [0.3, 0.4) is 0 Å². The molecule has 0 bridgehead atoms. The van der Waals surface area contributed by atoms with Gasteiger partial charge in [0.1, 0.15) is 11.2 Å². The van der Waals surface area contributed by atoms with E-state index < -0.39 is 17.0 Å². The lowest BCUT2D eigenvalue weighted by atomic mass is 9.99. The van der Waals surface area contributed by atoms with Crippen LogP contribution in [0.4, 0.5) is 0 Å². The van der Waals surface area contributed by atoms with E-state index >= 15 is 0 Å². The second-order valence-electron chi connectivity index (χ2n) is 4.96. The van der Waals surface area contributed by atoms with Crippen LogP contribution in [0.15, 0.2) is 24.7 Å². The van der Waals surface area contributed by atoms with Crippen molar-refractivity contribution in [3.8, 4) is 0 Å². The summed E-state index contributed by atoms with van der Waals surface area (Å²) in [6, 6.07) is 3.19. The summed E-state index contributed by atoms with van der Waals surface area (Å²) in [5.74, 6) is 0. The minimum absolute atomic E-state index is 0.341. The number of aliphatic hydroxyl groups is 1. The van der Waals surface area contributed by atoms with Crippen LogP contribution >= 0.6 is 23.2 Å². The number of rotatable bonds is 5. The van der Waals surface area contributed by atoms with E-state index in [0.717, 1.165) is 18.4 Å². The topological polar surface area (TPSA) is 76.7 Å². The Kier molecular flexibility index (Phi) is 3.62. The lowest BCUT2D eigenvalue weighted by Crippen LogP contribution is -2.36. The molecule has 6 nitrogen and oxygen atoms in total. The van der Waals surface area contributed by atoms with E-state index in [9.17, 15) is 5.11 Å². The molecule has 0 amide bonds. The SMILES string of the molecule is OC(Cc1cccnc1Cl)C(n1ncnn1)C1(Cl)CC1. The summed E-state index contributed by atoms with van der Waals surface area (Å²) in [6.45, 7) is 0. The zero-order valence-corrected chi connectivity index (χ0v) is 12.0. The van der Waals surface area contributed by atoms with E-state index in [0.29, 0.717) is 11.6 Å². The van der Waals surface area contributed by atoms with Gasteiger partial charge in [0, 0.05) is 12.6 Å². The molecule has 20 heavy (non-hydrogen) atoms. The van der Waals surface area contributed by atoms with E-state index in [1.165, 1.54) is 11.1 Å². The molecule has 0 spiro atoms. The van der Waals surface area contributed by atoms with Crippen LogP contribution in [0.25, 0.3) is 0 Å². The fraction of sp³-hybridized carbons (Fsp3) is 0.500. The molecular formula is C12H13Cl2N5O. The Hall–Kier alpha value is -1.24. The molecule has 1 N–H and O–H groups in total. The van der Waals surface area contributed by atoms with E-state index in [1.807, 2.05) is 6.07 Å². The van der Waals surface area contributed by atoms with Crippen molar-refractivity contribution >= 4 is 23.2 Å². The van der Waals surface area contributed by atoms with Gasteiger partial charge in [-0.15, -0.1) is 21.8 Å². The molecule has 8 heteroatoms. The Bertz CT molecular complexity index is 587. The highest BCUT2D eigenvalue weighted by Gasteiger charge is 2.53. The molecule has 0 saturated heterocycles. The standard InChI is InChI=1S/C12H13Cl2N5O/c13-11-8(2-1-5-15-11)6-9(20)10(12(14)3-4-12)19-17-7-16-18-19/h1-2,5,7,9-10,20H,3-4,6H2. The zero-order valence-electron chi connectivity index (χ0n) is 10.5. The lowest BCUT2D eigenvalue weighted by Gasteiger charge is -2.25. The number of nitrogens with zero attached hydrogens (tertiary/aromatic N) is 5. The lowest BCUT2D eigenvalue weighted by molar-refractivity contribution is 0.0900. The first-order chi connectivity index (χ1) is 9.60. The van der Waals surface area contributed by atoms with E-state index in [2.05, 4.69) is 20.4 Å². The molecule has 0 aromatic carbocycles. The van der Waals surface area contributed by atoms with Crippen molar-refractivity contribution in [3.05, 3.63) is 35.4 Å². The van der Waals surface area contributed by atoms with Crippen molar-refractivity contribution in [1.82, 2.24) is 25.2 Å². The number of hydrogen-bond acceptors (Lipinski definition) is 5. The molecule has 106 valence electrons. The fourth-order valence-electron chi connectivity index (χ4n) is 2.33. The fourth-order valence-corrected chi connectivity index (χ4v) is 2.86. The first-order valence-electron chi connectivity index (χ1n) is 6.29. The predicted molar refractivity (Wildman–Crippen MR) is 73.6 cm³/mol. The predicted octanol–water partition coefficient (Wildman–Crippen LogP) is 1.64. The number of halogens is 2. The Morgan fingerprint density at radius 2 is 2.25 bits per heavy atom.